The van der Waals surface area contributed by atoms with Gasteiger partial charge in [-0.3, -0.25) is 0 Å². The molecule has 0 spiro atoms. The Morgan fingerprint density at radius 2 is 1.79 bits per heavy atom. The van der Waals surface area contributed by atoms with E-state index in [1.807, 2.05) is 0 Å². The largest absolute Gasteiger partial charge is 0.492 e. The summed E-state index contributed by atoms with van der Waals surface area (Å²) < 4.78 is 28.6. The molecular formula is C20H34IN3O3S. The number of ether oxygens (including phenoxy) is 1. The van der Waals surface area contributed by atoms with Gasteiger partial charge in [0.1, 0.15) is 12.4 Å². The molecule has 1 aliphatic carbocycles. The average Bonchev–Trinajstić information content (AvgIpc) is 2.65. The Kier molecular flexibility index (Phi) is 11.2. The number of hydrogen-bond donors (Lipinski definition) is 2. The first kappa shape index (κ1) is 25.0. The molecule has 0 heterocycles. The van der Waals surface area contributed by atoms with Crippen LogP contribution in [0.1, 0.15) is 46.0 Å². The second-order valence-corrected chi connectivity index (χ2v) is 9.14. The van der Waals surface area contributed by atoms with E-state index in [0.717, 1.165) is 18.4 Å². The lowest BCUT2D eigenvalue weighted by molar-refractivity contribution is 0.303. The van der Waals surface area contributed by atoms with Crippen LogP contribution in [0.4, 0.5) is 0 Å². The Morgan fingerprint density at radius 3 is 2.32 bits per heavy atom. The number of guanidine groups is 1. The summed E-state index contributed by atoms with van der Waals surface area (Å²) in [6.45, 7) is 6.14. The molecule has 0 saturated heterocycles. The van der Waals surface area contributed by atoms with E-state index in [1.165, 1.54) is 38.4 Å². The summed E-state index contributed by atoms with van der Waals surface area (Å²) in [7, 11) is -3.18. The van der Waals surface area contributed by atoms with Crippen molar-refractivity contribution in [1.82, 2.24) is 10.6 Å². The summed E-state index contributed by atoms with van der Waals surface area (Å²) in [5.74, 6) is 2.37. The molecule has 0 amide bonds. The molecule has 1 fully saturated rings. The third kappa shape index (κ3) is 8.55. The molecule has 1 saturated carbocycles. The number of rotatable bonds is 8. The summed E-state index contributed by atoms with van der Waals surface area (Å²) in [5.41, 5.74) is 0. The van der Waals surface area contributed by atoms with Crippen LogP contribution >= 0.6 is 24.0 Å². The lowest BCUT2D eigenvalue weighted by Crippen LogP contribution is -2.45. The van der Waals surface area contributed by atoms with Crippen molar-refractivity contribution < 1.29 is 13.2 Å². The van der Waals surface area contributed by atoms with Gasteiger partial charge in [-0.2, -0.15) is 0 Å². The van der Waals surface area contributed by atoms with Gasteiger partial charge in [0, 0.05) is 18.8 Å². The zero-order valence-electron chi connectivity index (χ0n) is 17.1. The fraction of sp³-hybridized carbons (Fsp3) is 0.650. The number of benzene rings is 1. The fourth-order valence-corrected chi connectivity index (χ4v) is 3.96. The Labute approximate surface area is 186 Å². The maximum Gasteiger partial charge on any atom is 0.191 e. The molecule has 1 aliphatic rings. The van der Waals surface area contributed by atoms with Crippen LogP contribution in [0.3, 0.4) is 0 Å². The second-order valence-electron chi connectivity index (χ2n) is 7.12. The molecule has 0 bridgehead atoms. The van der Waals surface area contributed by atoms with Gasteiger partial charge in [-0.15, -0.1) is 24.0 Å². The zero-order chi connectivity index (χ0) is 19.7. The Hall–Kier alpha value is -1.03. The number of halogens is 1. The average molecular weight is 523 g/mol. The minimum Gasteiger partial charge on any atom is -0.492 e. The highest BCUT2D eigenvalue weighted by Gasteiger charge is 2.20. The molecule has 28 heavy (non-hydrogen) atoms. The number of nitrogens with zero attached hydrogens (tertiary/aromatic N) is 1. The first-order valence-electron chi connectivity index (χ1n) is 9.90. The number of sulfone groups is 1. The SMILES string of the molecule is CCNC(=NCCOc1ccc(S(C)(=O)=O)cc1)NC1CCC(CC)CC1.I. The lowest BCUT2D eigenvalue weighted by atomic mass is 9.84. The van der Waals surface area contributed by atoms with Gasteiger partial charge >= 0.3 is 0 Å². The van der Waals surface area contributed by atoms with Gasteiger partial charge in [0.05, 0.1) is 11.4 Å². The second kappa shape index (κ2) is 12.5. The molecule has 0 radical (unpaired) electrons. The minimum atomic E-state index is -3.18. The molecule has 6 nitrogen and oxygen atoms in total. The minimum absolute atomic E-state index is 0. The summed E-state index contributed by atoms with van der Waals surface area (Å²) in [5, 5.41) is 6.84. The summed E-state index contributed by atoms with van der Waals surface area (Å²) >= 11 is 0. The van der Waals surface area contributed by atoms with E-state index < -0.39 is 9.84 Å². The van der Waals surface area contributed by atoms with Crippen LogP contribution in [-0.2, 0) is 9.84 Å². The van der Waals surface area contributed by atoms with Gasteiger partial charge in [-0.25, -0.2) is 13.4 Å². The van der Waals surface area contributed by atoms with Crippen molar-refractivity contribution in [2.75, 3.05) is 26.0 Å². The standard InChI is InChI=1S/C20H33N3O3S.HI/c1-4-16-6-8-17(9-7-16)23-20(21-5-2)22-14-15-26-18-10-12-19(13-11-18)27(3,24)25;/h10-13,16-17H,4-9,14-15H2,1-3H3,(H2,21,22,23);1H. The van der Waals surface area contributed by atoms with E-state index in [4.69, 9.17) is 4.74 Å². The van der Waals surface area contributed by atoms with Crippen molar-refractivity contribution in [3.63, 3.8) is 0 Å². The molecule has 2 rings (SSSR count). The van der Waals surface area contributed by atoms with Crippen molar-refractivity contribution >= 4 is 39.8 Å². The number of aliphatic imine (C=N–C) groups is 1. The van der Waals surface area contributed by atoms with E-state index in [2.05, 4.69) is 29.5 Å². The lowest BCUT2D eigenvalue weighted by Gasteiger charge is -2.29. The number of nitrogens with one attached hydrogen (secondary N) is 2. The number of hydrogen-bond acceptors (Lipinski definition) is 4. The Bertz CT molecular complexity index is 700. The third-order valence-corrected chi connectivity index (χ3v) is 6.12. The van der Waals surface area contributed by atoms with Crippen LogP contribution in [0.2, 0.25) is 0 Å². The van der Waals surface area contributed by atoms with E-state index in [-0.39, 0.29) is 24.0 Å². The summed E-state index contributed by atoms with van der Waals surface area (Å²) in [4.78, 5) is 4.89. The third-order valence-electron chi connectivity index (χ3n) is 4.99. The van der Waals surface area contributed by atoms with Gasteiger partial charge in [-0.05, 0) is 62.8 Å². The molecule has 8 heteroatoms. The van der Waals surface area contributed by atoms with Crippen molar-refractivity contribution in [3.8, 4) is 5.75 Å². The Morgan fingerprint density at radius 1 is 1.14 bits per heavy atom. The van der Waals surface area contributed by atoms with E-state index in [1.54, 1.807) is 24.3 Å². The van der Waals surface area contributed by atoms with E-state index in [9.17, 15) is 8.42 Å². The highest BCUT2D eigenvalue weighted by atomic mass is 127. The van der Waals surface area contributed by atoms with Crippen molar-refractivity contribution in [1.29, 1.82) is 0 Å². The summed E-state index contributed by atoms with van der Waals surface area (Å²) in [6, 6.07) is 6.97. The van der Waals surface area contributed by atoms with Crippen LogP contribution < -0.4 is 15.4 Å². The molecule has 160 valence electrons. The molecule has 0 aliphatic heterocycles. The van der Waals surface area contributed by atoms with Crippen LogP contribution in [0, 0.1) is 5.92 Å². The maximum absolute atomic E-state index is 11.5. The topological polar surface area (TPSA) is 79.8 Å². The van der Waals surface area contributed by atoms with E-state index >= 15 is 0 Å². The highest BCUT2D eigenvalue weighted by molar-refractivity contribution is 14.0. The van der Waals surface area contributed by atoms with Gasteiger partial charge in [0.15, 0.2) is 15.8 Å². The smallest absolute Gasteiger partial charge is 0.191 e. The molecule has 0 atom stereocenters. The van der Waals surface area contributed by atoms with Crippen molar-refractivity contribution in [2.24, 2.45) is 10.9 Å². The predicted molar refractivity (Wildman–Crippen MR) is 126 cm³/mol. The van der Waals surface area contributed by atoms with Crippen LogP contribution in [-0.4, -0.2) is 46.4 Å². The predicted octanol–water partition coefficient (Wildman–Crippen LogP) is 3.61. The molecular weight excluding hydrogens is 489 g/mol. The van der Waals surface area contributed by atoms with Crippen LogP contribution in [0.5, 0.6) is 5.75 Å². The molecule has 2 N–H and O–H groups in total. The van der Waals surface area contributed by atoms with Gasteiger partial charge in [0.25, 0.3) is 0 Å². The zero-order valence-corrected chi connectivity index (χ0v) is 20.3. The van der Waals surface area contributed by atoms with Gasteiger partial charge < -0.3 is 15.4 Å². The van der Waals surface area contributed by atoms with Crippen molar-refractivity contribution in [3.05, 3.63) is 24.3 Å². The normalized spacial score (nSPS) is 20.2. The highest BCUT2D eigenvalue weighted by Crippen LogP contribution is 2.26. The quantitative estimate of drug-likeness (QED) is 0.236. The first-order chi connectivity index (χ1) is 12.9. The molecule has 1 aromatic carbocycles. The van der Waals surface area contributed by atoms with Crippen LogP contribution in [0.15, 0.2) is 34.2 Å². The van der Waals surface area contributed by atoms with E-state index in [0.29, 0.717) is 29.8 Å². The molecule has 0 aromatic heterocycles. The Balaban J connectivity index is 0.00000392. The maximum atomic E-state index is 11.5. The van der Waals surface area contributed by atoms with Crippen molar-refractivity contribution in [2.45, 2.75) is 56.9 Å². The van der Waals surface area contributed by atoms with Gasteiger partial charge in [0.2, 0.25) is 0 Å². The molecule has 1 aromatic rings. The monoisotopic (exact) mass is 523 g/mol. The van der Waals surface area contributed by atoms with Gasteiger partial charge in [-0.1, -0.05) is 13.3 Å². The summed E-state index contributed by atoms with van der Waals surface area (Å²) in [6.07, 6.45) is 7.46. The first-order valence-corrected chi connectivity index (χ1v) is 11.8. The fourth-order valence-electron chi connectivity index (χ4n) is 3.33. The molecule has 0 unspecified atom stereocenters. The van der Waals surface area contributed by atoms with Crippen LogP contribution in [0.25, 0.3) is 0 Å².